The zero-order valence-corrected chi connectivity index (χ0v) is 31.2. The molecule has 0 saturated heterocycles. The second-order valence-electron chi connectivity index (χ2n) is 13.3. The number of ether oxygens (including phenoxy) is 4. The topological polar surface area (TPSA) is 105 Å². The van der Waals surface area contributed by atoms with Gasteiger partial charge in [0.25, 0.3) is 0 Å². The van der Waals surface area contributed by atoms with Gasteiger partial charge in [0.15, 0.2) is 0 Å². The minimum Gasteiger partial charge on any atom is -0.463 e. The molecule has 4 aromatic carbocycles. The molecule has 4 rings (SSSR count). The highest BCUT2D eigenvalue weighted by atomic mass is 28.3. The Morgan fingerprint density at radius 1 is 0.560 bits per heavy atom. The molecule has 0 N–H and O–H groups in total. The van der Waals surface area contributed by atoms with E-state index in [0.29, 0.717) is 46.6 Å². The fourth-order valence-corrected chi connectivity index (χ4v) is 10.4. The van der Waals surface area contributed by atoms with Gasteiger partial charge in [-0.25, -0.2) is 19.2 Å². The van der Waals surface area contributed by atoms with Crippen LogP contribution in [0, 0.1) is 0 Å². The molecular formula is C40H44O8Si2. The molecule has 0 atom stereocenters. The zero-order valence-electron chi connectivity index (χ0n) is 29.2. The van der Waals surface area contributed by atoms with E-state index in [1.165, 1.54) is 10.4 Å². The fraction of sp³-hybridized carbons (Fsp3) is 0.250. The number of benzene rings is 4. The predicted octanol–water partition coefficient (Wildman–Crippen LogP) is 7.35. The van der Waals surface area contributed by atoms with E-state index in [2.05, 4.69) is 39.3 Å². The summed E-state index contributed by atoms with van der Waals surface area (Å²) in [6, 6.07) is 27.4. The van der Waals surface area contributed by atoms with Crippen molar-refractivity contribution in [3.8, 4) is 11.5 Å². The number of carbonyl (C=O) groups excluding carboxylic acids is 4. The maximum Gasteiger partial charge on any atom is 0.343 e. The van der Waals surface area contributed by atoms with Crippen molar-refractivity contribution < 1.29 is 38.1 Å². The van der Waals surface area contributed by atoms with Crippen molar-refractivity contribution in [2.24, 2.45) is 0 Å². The molecule has 0 bridgehead atoms. The molecule has 8 nitrogen and oxygen atoms in total. The molecule has 0 heterocycles. The van der Waals surface area contributed by atoms with E-state index in [1.807, 2.05) is 36.4 Å². The van der Waals surface area contributed by atoms with E-state index in [9.17, 15) is 19.2 Å². The molecule has 0 spiro atoms. The van der Waals surface area contributed by atoms with Gasteiger partial charge in [0, 0.05) is 22.9 Å². The maximum absolute atomic E-state index is 13.2. The molecule has 10 heteroatoms. The molecule has 0 aliphatic rings. The zero-order chi connectivity index (χ0) is 36.3. The first-order chi connectivity index (χ1) is 23.8. The van der Waals surface area contributed by atoms with Crippen LogP contribution < -0.4 is 19.8 Å². The highest BCUT2D eigenvalue weighted by Crippen LogP contribution is 2.33. The quantitative estimate of drug-likeness (QED) is 0.0392. The summed E-state index contributed by atoms with van der Waals surface area (Å²) in [6.07, 6.45) is 3.84. The molecule has 0 radical (unpaired) electrons. The number of rotatable bonds is 16. The highest BCUT2D eigenvalue weighted by molar-refractivity contribution is 6.90. The van der Waals surface area contributed by atoms with Crippen molar-refractivity contribution in [2.45, 2.75) is 51.1 Å². The minimum absolute atomic E-state index is 0.352. The van der Waals surface area contributed by atoms with Crippen LogP contribution in [0.2, 0.25) is 38.3 Å². The van der Waals surface area contributed by atoms with Crippen molar-refractivity contribution >= 4 is 61.2 Å². The summed E-state index contributed by atoms with van der Waals surface area (Å²) >= 11 is 0. The summed E-state index contributed by atoms with van der Waals surface area (Å²) in [5, 5.41) is 3.64. The second-order valence-corrected chi connectivity index (χ2v) is 22.9. The van der Waals surface area contributed by atoms with E-state index in [-0.39, 0.29) is 0 Å². The van der Waals surface area contributed by atoms with Gasteiger partial charge in [0.2, 0.25) is 0 Å². The summed E-state index contributed by atoms with van der Waals surface area (Å²) in [7, 11) is -3.64. The van der Waals surface area contributed by atoms with Crippen LogP contribution >= 0.6 is 0 Å². The molecule has 0 aliphatic carbocycles. The van der Waals surface area contributed by atoms with Gasteiger partial charge >= 0.3 is 23.9 Å². The van der Waals surface area contributed by atoms with Gasteiger partial charge < -0.3 is 18.9 Å². The van der Waals surface area contributed by atoms with E-state index in [4.69, 9.17) is 18.9 Å². The fourth-order valence-electron chi connectivity index (χ4n) is 5.64. The van der Waals surface area contributed by atoms with Gasteiger partial charge in [-0.3, -0.25) is 0 Å². The van der Waals surface area contributed by atoms with Crippen molar-refractivity contribution in [3.63, 3.8) is 0 Å². The first-order valence-corrected chi connectivity index (χ1v) is 23.0. The molecule has 260 valence electrons. The standard InChI is InChI=1S/C40H44O8Si2/c1-7-37(41)45-25-11-27-49(3,4)31-21-17-29(18-22-31)39(43)47-35-15-9-14-34-33(35)13-10-16-36(34)48-40(44)30-19-23-32(24-20-30)50(5,6)28-12-26-46-38(42)8-2/h7-10,13-24H,1-2,11-12,25-28H2,3-6H3. The van der Waals surface area contributed by atoms with E-state index < -0.39 is 40.0 Å². The van der Waals surface area contributed by atoms with Crippen LogP contribution in [0.4, 0.5) is 0 Å². The lowest BCUT2D eigenvalue weighted by Gasteiger charge is -2.23. The number of carbonyl (C=O) groups is 4. The molecular weight excluding hydrogens is 665 g/mol. The monoisotopic (exact) mass is 708 g/mol. The first-order valence-electron chi connectivity index (χ1n) is 16.6. The van der Waals surface area contributed by atoms with Gasteiger partial charge in [0.05, 0.1) is 40.5 Å². The van der Waals surface area contributed by atoms with E-state index in [1.54, 1.807) is 48.5 Å². The largest absolute Gasteiger partial charge is 0.463 e. The van der Waals surface area contributed by atoms with Crippen LogP contribution in [0.15, 0.2) is 110 Å². The number of hydrogen-bond acceptors (Lipinski definition) is 8. The number of esters is 4. The average Bonchev–Trinajstić information content (AvgIpc) is 3.12. The molecule has 0 aromatic heterocycles. The van der Waals surface area contributed by atoms with Crippen molar-refractivity contribution in [3.05, 3.63) is 121 Å². The molecule has 0 fully saturated rings. The normalized spacial score (nSPS) is 11.4. The molecule has 50 heavy (non-hydrogen) atoms. The van der Waals surface area contributed by atoms with Crippen LogP contribution in [0.25, 0.3) is 10.8 Å². The number of hydrogen-bond donors (Lipinski definition) is 0. The highest BCUT2D eigenvalue weighted by Gasteiger charge is 2.25. The van der Waals surface area contributed by atoms with Crippen LogP contribution in [-0.2, 0) is 19.1 Å². The summed E-state index contributed by atoms with van der Waals surface area (Å²) in [6.45, 7) is 16.5. The predicted molar refractivity (Wildman–Crippen MR) is 202 cm³/mol. The molecule has 4 aromatic rings. The second kappa shape index (κ2) is 17.0. The average molecular weight is 709 g/mol. The Hall–Kier alpha value is -5.07. The summed E-state index contributed by atoms with van der Waals surface area (Å²) < 4.78 is 21.9. The Morgan fingerprint density at radius 3 is 1.26 bits per heavy atom. The summed E-state index contributed by atoms with van der Waals surface area (Å²) in [4.78, 5) is 49.0. The Kier molecular flexibility index (Phi) is 12.9. The lowest BCUT2D eigenvalue weighted by Crippen LogP contribution is -2.41. The van der Waals surface area contributed by atoms with Crippen molar-refractivity contribution in [1.82, 2.24) is 0 Å². The van der Waals surface area contributed by atoms with Crippen LogP contribution in [0.1, 0.15) is 33.6 Å². The van der Waals surface area contributed by atoms with E-state index in [0.717, 1.165) is 37.1 Å². The minimum atomic E-state index is -1.82. The maximum atomic E-state index is 13.2. The molecule has 0 amide bonds. The van der Waals surface area contributed by atoms with Gasteiger partial charge in [0.1, 0.15) is 11.5 Å². The lowest BCUT2D eigenvalue weighted by atomic mass is 10.1. The summed E-state index contributed by atoms with van der Waals surface area (Å²) in [5.74, 6) is -1.11. The Labute approximate surface area is 295 Å². The first kappa shape index (κ1) is 37.7. The smallest absolute Gasteiger partial charge is 0.343 e. The Morgan fingerprint density at radius 2 is 0.920 bits per heavy atom. The molecule has 0 aliphatic heterocycles. The molecule has 0 saturated carbocycles. The lowest BCUT2D eigenvalue weighted by molar-refractivity contribution is -0.138. The Balaban J connectivity index is 1.40. The SMILES string of the molecule is C=CC(=O)OCCC[Si](C)(C)c1ccc(C(=O)Oc2cccc3c(OC(=O)c4ccc([Si](C)(C)CCCOC(=O)C=C)cc4)cccc23)cc1. The Bertz CT molecular complexity index is 1720. The molecule has 0 unspecified atom stereocenters. The van der Waals surface area contributed by atoms with Gasteiger partial charge in [-0.2, -0.15) is 0 Å². The third-order valence-electron chi connectivity index (χ3n) is 8.77. The van der Waals surface area contributed by atoms with Crippen LogP contribution in [0.5, 0.6) is 11.5 Å². The van der Waals surface area contributed by atoms with Crippen molar-refractivity contribution in [1.29, 1.82) is 0 Å². The van der Waals surface area contributed by atoms with Gasteiger partial charge in [-0.1, -0.05) is 110 Å². The third-order valence-corrected chi connectivity index (χ3v) is 15.8. The number of fused-ring (bicyclic) bond motifs is 1. The van der Waals surface area contributed by atoms with Crippen LogP contribution in [0.3, 0.4) is 0 Å². The van der Waals surface area contributed by atoms with Crippen molar-refractivity contribution in [2.75, 3.05) is 13.2 Å². The third kappa shape index (κ3) is 9.99. The van der Waals surface area contributed by atoms with Crippen LogP contribution in [-0.4, -0.2) is 53.2 Å². The summed E-state index contributed by atoms with van der Waals surface area (Å²) in [5.41, 5.74) is 0.840. The van der Waals surface area contributed by atoms with Gasteiger partial charge in [-0.15, -0.1) is 0 Å². The van der Waals surface area contributed by atoms with Gasteiger partial charge in [-0.05, 0) is 49.2 Å². The van der Waals surface area contributed by atoms with E-state index >= 15 is 0 Å².